The molecular weight excluding hydrogens is 240 g/mol. The number of ether oxygens (including phenoxy) is 1. The lowest BCUT2D eigenvalue weighted by Gasteiger charge is -2.23. The third-order valence-corrected chi connectivity index (χ3v) is 3.55. The van der Waals surface area contributed by atoms with Crippen LogP contribution in [0.25, 0.3) is 0 Å². The summed E-state index contributed by atoms with van der Waals surface area (Å²) in [4.78, 5) is 11.8. The van der Waals surface area contributed by atoms with Crippen molar-refractivity contribution in [1.29, 1.82) is 0 Å². The highest BCUT2D eigenvalue weighted by atomic mass is 16.5. The standard InChI is InChI=1S/C15H22N2O2/c1-11-3-4-14(9-12(11)2)19-10-15(18)17-13-5-7-16-8-6-13/h3-4,9,13,16H,5-8,10H2,1-2H3,(H,17,18). The Bertz CT molecular complexity index is 440. The summed E-state index contributed by atoms with van der Waals surface area (Å²) in [6.45, 7) is 6.14. The quantitative estimate of drug-likeness (QED) is 0.865. The molecule has 2 N–H and O–H groups in total. The topological polar surface area (TPSA) is 50.4 Å². The molecule has 19 heavy (non-hydrogen) atoms. The van der Waals surface area contributed by atoms with Gasteiger partial charge in [-0.05, 0) is 63.0 Å². The maximum absolute atomic E-state index is 11.8. The van der Waals surface area contributed by atoms with Crippen molar-refractivity contribution in [2.24, 2.45) is 0 Å². The van der Waals surface area contributed by atoms with Gasteiger partial charge in [0.25, 0.3) is 5.91 Å². The normalized spacial score (nSPS) is 16.1. The molecule has 4 heteroatoms. The van der Waals surface area contributed by atoms with E-state index >= 15 is 0 Å². The molecule has 1 aromatic carbocycles. The molecule has 0 spiro atoms. The summed E-state index contributed by atoms with van der Waals surface area (Å²) >= 11 is 0. The molecule has 0 bridgehead atoms. The highest BCUT2D eigenvalue weighted by molar-refractivity contribution is 5.77. The first kappa shape index (κ1) is 13.9. The Morgan fingerprint density at radius 1 is 1.32 bits per heavy atom. The maximum Gasteiger partial charge on any atom is 0.258 e. The Labute approximate surface area is 114 Å². The fourth-order valence-corrected chi connectivity index (χ4v) is 2.19. The predicted octanol–water partition coefficient (Wildman–Crippen LogP) is 1.55. The molecule has 104 valence electrons. The minimum Gasteiger partial charge on any atom is -0.484 e. The third kappa shape index (κ3) is 4.24. The largest absolute Gasteiger partial charge is 0.484 e. The molecule has 0 aromatic heterocycles. The second-order valence-electron chi connectivity index (χ2n) is 5.13. The van der Waals surface area contributed by atoms with Crippen LogP contribution < -0.4 is 15.4 Å². The zero-order valence-corrected chi connectivity index (χ0v) is 11.7. The molecule has 1 amide bonds. The summed E-state index contributed by atoms with van der Waals surface area (Å²) in [7, 11) is 0. The Morgan fingerprint density at radius 3 is 2.74 bits per heavy atom. The molecule has 0 aliphatic carbocycles. The maximum atomic E-state index is 11.8. The van der Waals surface area contributed by atoms with Gasteiger partial charge in [0.05, 0.1) is 0 Å². The van der Waals surface area contributed by atoms with Gasteiger partial charge in [-0.15, -0.1) is 0 Å². The molecule has 0 atom stereocenters. The summed E-state index contributed by atoms with van der Waals surface area (Å²) < 4.78 is 5.52. The molecule has 1 aliphatic rings. The van der Waals surface area contributed by atoms with Crippen molar-refractivity contribution in [2.75, 3.05) is 19.7 Å². The van der Waals surface area contributed by atoms with Crippen LogP contribution in [-0.4, -0.2) is 31.6 Å². The third-order valence-electron chi connectivity index (χ3n) is 3.55. The SMILES string of the molecule is Cc1ccc(OCC(=O)NC2CCNCC2)cc1C. The highest BCUT2D eigenvalue weighted by Gasteiger charge is 2.15. The number of piperidine rings is 1. The van der Waals surface area contributed by atoms with Gasteiger partial charge in [0.1, 0.15) is 5.75 Å². The van der Waals surface area contributed by atoms with E-state index in [2.05, 4.69) is 17.6 Å². The number of nitrogens with one attached hydrogen (secondary N) is 2. The molecule has 4 nitrogen and oxygen atoms in total. The lowest BCUT2D eigenvalue weighted by molar-refractivity contribution is -0.123. The lowest BCUT2D eigenvalue weighted by Crippen LogP contribution is -2.44. The van der Waals surface area contributed by atoms with Gasteiger partial charge >= 0.3 is 0 Å². The smallest absolute Gasteiger partial charge is 0.258 e. The minimum atomic E-state index is -0.0369. The predicted molar refractivity (Wildman–Crippen MR) is 75.4 cm³/mol. The molecule has 1 aromatic rings. The molecule has 0 saturated carbocycles. The number of hydrogen-bond acceptors (Lipinski definition) is 3. The zero-order chi connectivity index (χ0) is 13.7. The van der Waals surface area contributed by atoms with Crippen molar-refractivity contribution < 1.29 is 9.53 Å². The van der Waals surface area contributed by atoms with Crippen molar-refractivity contribution >= 4 is 5.91 Å². The van der Waals surface area contributed by atoms with E-state index in [1.807, 2.05) is 25.1 Å². The number of rotatable bonds is 4. The van der Waals surface area contributed by atoms with Crippen LogP contribution in [-0.2, 0) is 4.79 Å². The van der Waals surface area contributed by atoms with Crippen molar-refractivity contribution in [1.82, 2.24) is 10.6 Å². The van der Waals surface area contributed by atoms with E-state index in [9.17, 15) is 4.79 Å². The van der Waals surface area contributed by atoms with E-state index in [-0.39, 0.29) is 18.6 Å². The van der Waals surface area contributed by atoms with Crippen molar-refractivity contribution in [3.8, 4) is 5.75 Å². The van der Waals surface area contributed by atoms with E-state index in [4.69, 9.17) is 4.74 Å². The van der Waals surface area contributed by atoms with Gasteiger partial charge in [-0.3, -0.25) is 4.79 Å². The van der Waals surface area contributed by atoms with E-state index in [1.54, 1.807) is 0 Å². The summed E-state index contributed by atoms with van der Waals surface area (Å²) in [6, 6.07) is 6.17. The van der Waals surface area contributed by atoms with Crippen molar-refractivity contribution in [2.45, 2.75) is 32.7 Å². The van der Waals surface area contributed by atoms with Gasteiger partial charge in [0.15, 0.2) is 6.61 Å². The van der Waals surface area contributed by atoms with E-state index in [0.29, 0.717) is 0 Å². The number of carbonyl (C=O) groups is 1. The van der Waals surface area contributed by atoms with Crippen LogP contribution >= 0.6 is 0 Å². The van der Waals surface area contributed by atoms with Crippen LogP contribution in [0.15, 0.2) is 18.2 Å². The Morgan fingerprint density at radius 2 is 2.05 bits per heavy atom. The van der Waals surface area contributed by atoms with Gasteiger partial charge in [0, 0.05) is 6.04 Å². The second-order valence-corrected chi connectivity index (χ2v) is 5.13. The van der Waals surface area contributed by atoms with Crippen molar-refractivity contribution in [3.05, 3.63) is 29.3 Å². The lowest BCUT2D eigenvalue weighted by atomic mass is 10.1. The van der Waals surface area contributed by atoms with Gasteiger partial charge in [-0.1, -0.05) is 6.07 Å². The van der Waals surface area contributed by atoms with Gasteiger partial charge < -0.3 is 15.4 Å². The molecule has 1 aliphatic heterocycles. The molecule has 1 saturated heterocycles. The van der Waals surface area contributed by atoms with E-state index in [0.717, 1.165) is 31.7 Å². The minimum absolute atomic E-state index is 0.0369. The van der Waals surface area contributed by atoms with Gasteiger partial charge in [-0.2, -0.15) is 0 Å². The van der Waals surface area contributed by atoms with Gasteiger partial charge in [-0.25, -0.2) is 0 Å². The van der Waals surface area contributed by atoms with Crippen LogP contribution in [0.4, 0.5) is 0 Å². The average Bonchev–Trinajstić information content (AvgIpc) is 2.41. The summed E-state index contributed by atoms with van der Waals surface area (Å²) in [5.74, 6) is 0.716. The van der Waals surface area contributed by atoms with Crippen LogP contribution in [0, 0.1) is 13.8 Å². The first-order valence-corrected chi connectivity index (χ1v) is 6.85. The Kier molecular flexibility index (Phi) is 4.80. The first-order valence-electron chi connectivity index (χ1n) is 6.85. The number of hydrogen-bond donors (Lipinski definition) is 2. The van der Waals surface area contributed by atoms with Crippen LogP contribution in [0.1, 0.15) is 24.0 Å². The van der Waals surface area contributed by atoms with Crippen LogP contribution in [0.5, 0.6) is 5.75 Å². The summed E-state index contributed by atoms with van der Waals surface area (Å²) in [5.41, 5.74) is 2.41. The first-order chi connectivity index (χ1) is 9.15. The molecular formula is C15H22N2O2. The van der Waals surface area contributed by atoms with E-state index < -0.39 is 0 Å². The molecule has 0 radical (unpaired) electrons. The molecule has 1 fully saturated rings. The van der Waals surface area contributed by atoms with Crippen LogP contribution in [0.3, 0.4) is 0 Å². The fraction of sp³-hybridized carbons (Fsp3) is 0.533. The molecule has 2 rings (SSSR count). The fourth-order valence-electron chi connectivity index (χ4n) is 2.19. The Balaban J connectivity index is 1.77. The molecule has 1 heterocycles. The number of amides is 1. The number of carbonyl (C=O) groups excluding carboxylic acids is 1. The molecule has 0 unspecified atom stereocenters. The van der Waals surface area contributed by atoms with Gasteiger partial charge in [0.2, 0.25) is 0 Å². The monoisotopic (exact) mass is 262 g/mol. The average molecular weight is 262 g/mol. The van der Waals surface area contributed by atoms with Crippen molar-refractivity contribution in [3.63, 3.8) is 0 Å². The zero-order valence-electron chi connectivity index (χ0n) is 11.7. The summed E-state index contributed by atoms with van der Waals surface area (Å²) in [5, 5.41) is 6.29. The van der Waals surface area contributed by atoms with E-state index in [1.165, 1.54) is 11.1 Å². The second kappa shape index (κ2) is 6.57. The number of aryl methyl sites for hydroxylation is 2. The highest BCUT2D eigenvalue weighted by Crippen LogP contribution is 2.16. The van der Waals surface area contributed by atoms with Crippen LogP contribution in [0.2, 0.25) is 0 Å². The Hall–Kier alpha value is -1.55. The number of benzene rings is 1. The summed E-state index contributed by atoms with van der Waals surface area (Å²) in [6.07, 6.45) is 1.99.